The third-order valence-corrected chi connectivity index (χ3v) is 6.46. The van der Waals surface area contributed by atoms with Crippen LogP contribution in [-0.4, -0.2) is 58.8 Å². The fourth-order valence-electron chi connectivity index (χ4n) is 4.50. The van der Waals surface area contributed by atoms with Crippen LogP contribution in [0.3, 0.4) is 0 Å². The second-order valence-corrected chi connectivity index (χ2v) is 8.88. The first-order chi connectivity index (χ1) is 17.4. The van der Waals surface area contributed by atoms with Gasteiger partial charge in [-0.3, -0.25) is 9.59 Å². The Labute approximate surface area is 209 Å². The van der Waals surface area contributed by atoms with Crippen LogP contribution in [0.5, 0.6) is 11.5 Å². The van der Waals surface area contributed by atoms with Crippen LogP contribution >= 0.6 is 0 Å². The third kappa shape index (κ3) is 5.73. The van der Waals surface area contributed by atoms with Crippen molar-refractivity contribution >= 4 is 17.6 Å². The van der Waals surface area contributed by atoms with Crippen LogP contribution in [0.1, 0.15) is 34.8 Å². The summed E-state index contributed by atoms with van der Waals surface area (Å²) in [6, 6.07) is 16.5. The number of anilines is 1. The van der Waals surface area contributed by atoms with E-state index in [-0.39, 0.29) is 11.4 Å². The number of aromatic hydroxyl groups is 1. The number of carbonyl (C=O) groups is 2. The van der Waals surface area contributed by atoms with E-state index in [0.29, 0.717) is 23.9 Å². The monoisotopic (exact) mass is 490 g/mol. The van der Waals surface area contributed by atoms with E-state index >= 15 is 0 Å². The van der Waals surface area contributed by atoms with Crippen molar-refractivity contribution in [1.29, 1.82) is 0 Å². The van der Waals surface area contributed by atoms with E-state index in [1.54, 1.807) is 14.0 Å². The van der Waals surface area contributed by atoms with Gasteiger partial charge in [-0.15, -0.1) is 0 Å². The van der Waals surface area contributed by atoms with Gasteiger partial charge in [0.15, 0.2) is 11.4 Å². The number of amides is 1. The highest BCUT2D eigenvalue weighted by molar-refractivity contribution is 5.96. The fourth-order valence-corrected chi connectivity index (χ4v) is 4.50. The highest BCUT2D eigenvalue weighted by Gasteiger charge is 2.23. The zero-order valence-corrected chi connectivity index (χ0v) is 20.4. The Balaban J connectivity index is 1.38. The van der Waals surface area contributed by atoms with E-state index in [2.05, 4.69) is 44.5 Å². The van der Waals surface area contributed by atoms with Crippen molar-refractivity contribution in [1.82, 2.24) is 15.3 Å². The van der Waals surface area contributed by atoms with Crippen molar-refractivity contribution < 1.29 is 24.5 Å². The maximum absolute atomic E-state index is 12.3. The van der Waals surface area contributed by atoms with E-state index in [4.69, 9.17) is 9.84 Å². The number of nitrogens with one attached hydrogen (secondary N) is 1. The Morgan fingerprint density at radius 1 is 1.08 bits per heavy atom. The normalized spacial score (nSPS) is 13.9. The molecule has 1 amide bonds. The standard InChI is InChI=1S/C27H30N4O5/c1-17-26(34)25(27(35)28-16-24(32)33)30-23(29-17)15-18-11-13-31(14-12-18)20-9-7-19(8-10-20)21-5-3-4-6-22(21)36-2/h3-10,18,34H,11-16H2,1-2H3,(H,28,35)(H,32,33). The molecule has 0 radical (unpaired) electrons. The second-order valence-electron chi connectivity index (χ2n) is 8.88. The molecule has 0 spiro atoms. The summed E-state index contributed by atoms with van der Waals surface area (Å²) in [6.07, 6.45) is 2.47. The molecule has 9 heteroatoms. The zero-order valence-electron chi connectivity index (χ0n) is 20.4. The summed E-state index contributed by atoms with van der Waals surface area (Å²) in [4.78, 5) is 34.0. The Kier molecular flexibility index (Phi) is 7.68. The van der Waals surface area contributed by atoms with E-state index in [9.17, 15) is 14.7 Å². The quantitative estimate of drug-likeness (QED) is 0.439. The number of piperidine rings is 1. The minimum absolute atomic E-state index is 0.189. The first-order valence-electron chi connectivity index (χ1n) is 11.9. The van der Waals surface area contributed by atoms with Crippen LogP contribution in [0.15, 0.2) is 48.5 Å². The lowest BCUT2D eigenvalue weighted by atomic mass is 9.92. The van der Waals surface area contributed by atoms with Gasteiger partial charge in [-0.05, 0) is 49.4 Å². The summed E-state index contributed by atoms with van der Waals surface area (Å²) in [5, 5.41) is 21.2. The van der Waals surface area contributed by atoms with Crippen LogP contribution in [0, 0.1) is 12.8 Å². The van der Waals surface area contributed by atoms with Crippen LogP contribution in [0.25, 0.3) is 11.1 Å². The summed E-state index contributed by atoms with van der Waals surface area (Å²) >= 11 is 0. The highest BCUT2D eigenvalue weighted by Crippen LogP contribution is 2.32. The molecular formula is C27H30N4O5. The Hall–Kier alpha value is -4.14. The number of ether oxygens (including phenoxy) is 1. The average Bonchev–Trinajstić information content (AvgIpc) is 2.89. The molecule has 3 aromatic rings. The first kappa shape index (κ1) is 25.0. The number of aliphatic carboxylic acids is 1. The van der Waals surface area contributed by atoms with Crippen LogP contribution < -0.4 is 15.0 Å². The third-order valence-electron chi connectivity index (χ3n) is 6.46. The molecule has 0 atom stereocenters. The molecule has 0 saturated carbocycles. The van der Waals surface area contributed by atoms with Crippen molar-refractivity contribution in [3.05, 3.63) is 65.7 Å². The van der Waals surface area contributed by atoms with Gasteiger partial charge in [0.2, 0.25) is 0 Å². The molecule has 0 aliphatic carbocycles. The number of hydrogen-bond donors (Lipinski definition) is 3. The molecule has 0 unspecified atom stereocenters. The average molecular weight is 491 g/mol. The van der Waals surface area contributed by atoms with Gasteiger partial charge in [-0.2, -0.15) is 0 Å². The number of carboxylic acid groups (broad SMARTS) is 1. The van der Waals surface area contributed by atoms with Gasteiger partial charge in [-0.25, -0.2) is 9.97 Å². The molecule has 2 aromatic carbocycles. The van der Waals surface area contributed by atoms with Gasteiger partial charge in [0, 0.05) is 30.8 Å². The maximum atomic E-state index is 12.3. The van der Waals surface area contributed by atoms with Gasteiger partial charge in [0.1, 0.15) is 18.1 Å². The molecule has 36 heavy (non-hydrogen) atoms. The van der Waals surface area contributed by atoms with Gasteiger partial charge in [0.25, 0.3) is 5.91 Å². The molecule has 3 N–H and O–H groups in total. The van der Waals surface area contributed by atoms with Crippen LogP contribution in [-0.2, 0) is 11.2 Å². The van der Waals surface area contributed by atoms with Crippen molar-refractivity contribution in [2.45, 2.75) is 26.2 Å². The van der Waals surface area contributed by atoms with Crippen molar-refractivity contribution in [2.75, 3.05) is 31.6 Å². The van der Waals surface area contributed by atoms with E-state index < -0.39 is 18.4 Å². The molecule has 1 fully saturated rings. The van der Waals surface area contributed by atoms with Crippen molar-refractivity contribution in [2.24, 2.45) is 5.92 Å². The molecule has 1 aliphatic rings. The second kappa shape index (κ2) is 11.1. The Morgan fingerprint density at radius 2 is 1.78 bits per heavy atom. The smallest absolute Gasteiger partial charge is 0.322 e. The number of aromatic nitrogens is 2. The molecule has 188 valence electrons. The van der Waals surface area contributed by atoms with Gasteiger partial charge >= 0.3 is 5.97 Å². The molecule has 2 heterocycles. The Morgan fingerprint density at radius 3 is 2.44 bits per heavy atom. The lowest BCUT2D eigenvalue weighted by molar-refractivity contribution is -0.135. The highest BCUT2D eigenvalue weighted by atomic mass is 16.5. The number of hydrogen-bond acceptors (Lipinski definition) is 7. The minimum atomic E-state index is -1.17. The number of rotatable bonds is 8. The summed E-state index contributed by atoms with van der Waals surface area (Å²) in [6.45, 7) is 2.84. The van der Waals surface area contributed by atoms with E-state index in [0.717, 1.165) is 42.8 Å². The molecular weight excluding hydrogens is 460 g/mol. The van der Waals surface area contributed by atoms with Crippen molar-refractivity contribution in [3.8, 4) is 22.6 Å². The molecule has 9 nitrogen and oxygen atoms in total. The molecule has 4 rings (SSSR count). The fraction of sp³-hybridized carbons (Fsp3) is 0.333. The van der Waals surface area contributed by atoms with Crippen LogP contribution in [0.4, 0.5) is 5.69 Å². The summed E-state index contributed by atoms with van der Waals surface area (Å²) < 4.78 is 5.48. The topological polar surface area (TPSA) is 125 Å². The lowest BCUT2D eigenvalue weighted by Crippen LogP contribution is -2.34. The number of nitrogens with zero attached hydrogens (tertiary/aromatic N) is 3. The van der Waals surface area contributed by atoms with Gasteiger partial charge in [-0.1, -0.05) is 30.3 Å². The molecule has 1 saturated heterocycles. The summed E-state index contributed by atoms with van der Waals surface area (Å²) in [5.74, 6) is -0.560. The number of aryl methyl sites for hydroxylation is 1. The zero-order chi connectivity index (χ0) is 25.7. The van der Waals surface area contributed by atoms with Crippen molar-refractivity contribution in [3.63, 3.8) is 0 Å². The first-order valence-corrected chi connectivity index (χ1v) is 11.9. The number of benzene rings is 2. The molecule has 1 aliphatic heterocycles. The SMILES string of the molecule is COc1ccccc1-c1ccc(N2CCC(Cc3nc(C)c(O)c(C(=O)NCC(=O)O)n3)CC2)cc1. The maximum Gasteiger partial charge on any atom is 0.322 e. The number of carboxylic acids is 1. The summed E-state index contributed by atoms with van der Waals surface area (Å²) in [5.41, 5.74) is 3.44. The molecule has 1 aromatic heterocycles. The predicted molar refractivity (Wildman–Crippen MR) is 135 cm³/mol. The van der Waals surface area contributed by atoms with Gasteiger partial charge in [0.05, 0.1) is 12.8 Å². The van der Waals surface area contributed by atoms with Gasteiger partial charge < -0.3 is 25.2 Å². The number of para-hydroxylation sites is 1. The lowest BCUT2D eigenvalue weighted by Gasteiger charge is -2.33. The Bertz CT molecular complexity index is 1240. The number of methoxy groups -OCH3 is 1. The number of carbonyl (C=O) groups excluding carboxylic acids is 1. The van der Waals surface area contributed by atoms with E-state index in [1.165, 1.54) is 5.69 Å². The molecule has 0 bridgehead atoms. The van der Waals surface area contributed by atoms with E-state index in [1.807, 2.05) is 24.3 Å². The minimum Gasteiger partial charge on any atom is -0.504 e. The summed E-state index contributed by atoms with van der Waals surface area (Å²) in [7, 11) is 1.68. The predicted octanol–water partition coefficient (Wildman–Crippen LogP) is 3.44. The largest absolute Gasteiger partial charge is 0.504 e. The van der Waals surface area contributed by atoms with Crippen LogP contribution in [0.2, 0.25) is 0 Å².